The third kappa shape index (κ3) is 3.29. The lowest BCUT2D eigenvalue weighted by molar-refractivity contribution is -0.145. The fourth-order valence-corrected chi connectivity index (χ4v) is 1.94. The van der Waals surface area contributed by atoms with Gasteiger partial charge in [-0.25, -0.2) is 4.79 Å². The Balaban J connectivity index is 1.94. The molecule has 0 bridgehead atoms. The Morgan fingerprint density at radius 3 is 2.65 bits per heavy atom. The number of amides is 1. The fraction of sp³-hybridized carbons (Fsp3) is 0.467. The Bertz CT molecular complexity index is 556. The number of hydrogen-bond donors (Lipinski definition) is 2. The first-order valence-corrected chi connectivity index (χ1v) is 6.63. The highest BCUT2D eigenvalue weighted by atomic mass is 16.4. The molecule has 1 aromatic rings. The van der Waals surface area contributed by atoms with E-state index in [1.807, 2.05) is 12.1 Å². The van der Waals surface area contributed by atoms with Crippen molar-refractivity contribution in [3.8, 4) is 0 Å². The third-order valence-corrected chi connectivity index (χ3v) is 3.49. The summed E-state index contributed by atoms with van der Waals surface area (Å²) in [6.45, 7) is 5.03. The van der Waals surface area contributed by atoms with E-state index in [9.17, 15) is 9.59 Å². The number of furan rings is 1. The molecule has 1 amide bonds. The summed E-state index contributed by atoms with van der Waals surface area (Å²) in [4.78, 5) is 22.5. The predicted octanol–water partition coefficient (Wildman–Crippen LogP) is 2.40. The molecule has 108 valence electrons. The highest BCUT2D eigenvalue weighted by Crippen LogP contribution is 2.47. The molecule has 20 heavy (non-hydrogen) atoms. The first-order valence-electron chi connectivity index (χ1n) is 6.63. The largest absolute Gasteiger partial charge is 0.480 e. The Morgan fingerprint density at radius 2 is 2.10 bits per heavy atom. The van der Waals surface area contributed by atoms with Crippen LogP contribution in [-0.2, 0) is 9.59 Å². The van der Waals surface area contributed by atoms with E-state index in [1.165, 1.54) is 19.9 Å². The van der Waals surface area contributed by atoms with Crippen LogP contribution in [0, 0.1) is 5.92 Å². The zero-order valence-electron chi connectivity index (χ0n) is 11.8. The predicted molar refractivity (Wildman–Crippen MR) is 74.1 cm³/mol. The molecule has 0 saturated heterocycles. The molecule has 1 fully saturated rings. The van der Waals surface area contributed by atoms with Crippen LogP contribution in [0.4, 0.5) is 0 Å². The van der Waals surface area contributed by atoms with E-state index in [0.29, 0.717) is 17.6 Å². The Hall–Kier alpha value is -2.04. The number of nitrogens with one attached hydrogen (secondary N) is 1. The summed E-state index contributed by atoms with van der Waals surface area (Å²) in [7, 11) is 0. The summed E-state index contributed by atoms with van der Waals surface area (Å²) in [5.41, 5.74) is -1.29. The number of carbonyl (C=O) groups is 2. The van der Waals surface area contributed by atoms with Crippen LogP contribution in [0.3, 0.4) is 0 Å². The van der Waals surface area contributed by atoms with Crippen molar-refractivity contribution < 1.29 is 19.1 Å². The molecule has 0 aromatic carbocycles. The summed E-state index contributed by atoms with van der Waals surface area (Å²) in [6, 6.07) is 3.74. The van der Waals surface area contributed by atoms with Gasteiger partial charge >= 0.3 is 5.97 Å². The van der Waals surface area contributed by atoms with Gasteiger partial charge in [-0.15, -0.1) is 0 Å². The van der Waals surface area contributed by atoms with E-state index in [-0.39, 0.29) is 0 Å². The maximum absolute atomic E-state index is 11.6. The van der Waals surface area contributed by atoms with Gasteiger partial charge in [-0.3, -0.25) is 4.79 Å². The highest BCUT2D eigenvalue weighted by Gasteiger charge is 2.36. The third-order valence-electron chi connectivity index (χ3n) is 3.49. The molecule has 2 unspecified atom stereocenters. The Kier molecular flexibility index (Phi) is 3.70. The SMILES string of the molecule is CC1CC1c1ccc(C=CC(=O)NC(C)(C)C(=O)O)o1. The summed E-state index contributed by atoms with van der Waals surface area (Å²) in [5.74, 6) is 1.16. The molecule has 2 N–H and O–H groups in total. The van der Waals surface area contributed by atoms with Crippen LogP contribution in [0.1, 0.15) is 44.6 Å². The maximum atomic E-state index is 11.6. The van der Waals surface area contributed by atoms with Gasteiger partial charge in [-0.1, -0.05) is 6.92 Å². The first kappa shape index (κ1) is 14.4. The minimum absolute atomic E-state index is 0.463. The fourth-order valence-electron chi connectivity index (χ4n) is 1.94. The molecule has 2 rings (SSSR count). The normalized spacial score (nSPS) is 21.9. The lowest BCUT2D eigenvalue weighted by Gasteiger charge is -2.19. The number of carboxylic acid groups (broad SMARTS) is 1. The molecule has 1 aliphatic carbocycles. The highest BCUT2D eigenvalue weighted by molar-refractivity contribution is 5.95. The summed E-state index contributed by atoms with van der Waals surface area (Å²) in [5, 5.41) is 11.3. The van der Waals surface area contributed by atoms with Crippen LogP contribution in [0.15, 0.2) is 22.6 Å². The molecular formula is C15H19NO4. The van der Waals surface area contributed by atoms with E-state index in [0.717, 1.165) is 12.2 Å². The molecule has 5 nitrogen and oxygen atoms in total. The van der Waals surface area contributed by atoms with Crippen LogP contribution >= 0.6 is 0 Å². The van der Waals surface area contributed by atoms with Crippen molar-refractivity contribution >= 4 is 18.0 Å². The second-order valence-corrected chi connectivity index (χ2v) is 5.81. The topological polar surface area (TPSA) is 79.5 Å². The van der Waals surface area contributed by atoms with Crippen molar-refractivity contribution in [1.29, 1.82) is 0 Å². The van der Waals surface area contributed by atoms with E-state index < -0.39 is 17.4 Å². The lowest BCUT2D eigenvalue weighted by atomic mass is 10.1. The zero-order valence-corrected chi connectivity index (χ0v) is 11.8. The van der Waals surface area contributed by atoms with Crippen molar-refractivity contribution in [2.45, 2.75) is 38.6 Å². The quantitative estimate of drug-likeness (QED) is 0.810. The zero-order chi connectivity index (χ0) is 14.9. The van der Waals surface area contributed by atoms with Crippen LogP contribution in [0.5, 0.6) is 0 Å². The number of rotatable bonds is 5. The maximum Gasteiger partial charge on any atom is 0.328 e. The summed E-state index contributed by atoms with van der Waals surface area (Å²) >= 11 is 0. The van der Waals surface area contributed by atoms with Gasteiger partial charge in [-0.05, 0) is 44.4 Å². The molecule has 1 aromatic heterocycles. The minimum atomic E-state index is -1.29. The molecule has 0 radical (unpaired) electrons. The number of hydrogen-bond acceptors (Lipinski definition) is 3. The summed E-state index contributed by atoms with van der Waals surface area (Å²) < 4.78 is 5.62. The molecule has 1 aliphatic rings. The number of carboxylic acids is 1. The molecule has 0 spiro atoms. The van der Waals surface area contributed by atoms with Gasteiger partial charge < -0.3 is 14.8 Å². The van der Waals surface area contributed by atoms with E-state index in [2.05, 4.69) is 12.2 Å². The average molecular weight is 277 g/mol. The second kappa shape index (κ2) is 5.15. The lowest BCUT2D eigenvalue weighted by Crippen LogP contribution is -2.49. The van der Waals surface area contributed by atoms with Crippen LogP contribution < -0.4 is 5.32 Å². The van der Waals surface area contributed by atoms with Crippen LogP contribution in [0.25, 0.3) is 6.08 Å². The van der Waals surface area contributed by atoms with Crippen molar-refractivity contribution in [1.82, 2.24) is 5.32 Å². The van der Waals surface area contributed by atoms with Crippen molar-refractivity contribution in [2.24, 2.45) is 5.92 Å². The first-order chi connectivity index (χ1) is 9.29. The Labute approximate surface area is 117 Å². The number of aliphatic carboxylic acids is 1. The summed E-state index contributed by atoms with van der Waals surface area (Å²) in [6.07, 6.45) is 3.97. The van der Waals surface area contributed by atoms with Crippen molar-refractivity contribution in [2.75, 3.05) is 0 Å². The van der Waals surface area contributed by atoms with E-state index in [4.69, 9.17) is 9.52 Å². The average Bonchev–Trinajstić information content (AvgIpc) is 2.90. The van der Waals surface area contributed by atoms with E-state index in [1.54, 1.807) is 6.08 Å². The number of carbonyl (C=O) groups excluding carboxylic acids is 1. The molecule has 1 saturated carbocycles. The standard InChI is InChI=1S/C15H19NO4/c1-9-8-11(9)12-6-4-10(20-12)5-7-13(17)16-15(2,3)14(18)19/h4-7,9,11H,8H2,1-3H3,(H,16,17)(H,18,19). The van der Waals surface area contributed by atoms with Gasteiger partial charge in [-0.2, -0.15) is 0 Å². The molecule has 1 heterocycles. The smallest absolute Gasteiger partial charge is 0.328 e. The molecule has 2 atom stereocenters. The van der Waals surface area contributed by atoms with Crippen molar-refractivity contribution in [3.05, 3.63) is 29.7 Å². The molecule has 5 heteroatoms. The second-order valence-electron chi connectivity index (χ2n) is 5.81. The molecule has 0 aliphatic heterocycles. The monoisotopic (exact) mass is 277 g/mol. The van der Waals surface area contributed by atoms with Gasteiger partial charge in [0.25, 0.3) is 0 Å². The minimum Gasteiger partial charge on any atom is -0.480 e. The van der Waals surface area contributed by atoms with E-state index >= 15 is 0 Å². The van der Waals surface area contributed by atoms with Gasteiger partial charge in [0.15, 0.2) is 0 Å². The Morgan fingerprint density at radius 1 is 1.45 bits per heavy atom. The van der Waals surface area contributed by atoms with Crippen LogP contribution in [0.2, 0.25) is 0 Å². The van der Waals surface area contributed by atoms with Gasteiger partial charge in [0.2, 0.25) is 5.91 Å². The molecular weight excluding hydrogens is 258 g/mol. The van der Waals surface area contributed by atoms with Crippen molar-refractivity contribution in [3.63, 3.8) is 0 Å². The van der Waals surface area contributed by atoms with Crippen LogP contribution in [-0.4, -0.2) is 22.5 Å². The van der Waals surface area contributed by atoms with Gasteiger partial charge in [0.05, 0.1) is 0 Å². The van der Waals surface area contributed by atoms with Gasteiger partial charge in [0.1, 0.15) is 17.1 Å². The van der Waals surface area contributed by atoms with Gasteiger partial charge in [0, 0.05) is 12.0 Å².